The van der Waals surface area contributed by atoms with E-state index in [0.717, 1.165) is 39.2 Å². The third-order valence-corrected chi connectivity index (χ3v) is 4.98. The van der Waals surface area contributed by atoms with Crippen molar-refractivity contribution in [1.82, 2.24) is 9.55 Å². The second-order valence-electron chi connectivity index (χ2n) is 6.63. The van der Waals surface area contributed by atoms with Crippen LogP contribution in [-0.4, -0.2) is 9.55 Å². The van der Waals surface area contributed by atoms with E-state index in [1.54, 1.807) is 0 Å². The average Bonchev–Trinajstić information content (AvgIpc) is 3.28. The highest BCUT2D eigenvalue weighted by atomic mass is 16.3. The van der Waals surface area contributed by atoms with Crippen molar-refractivity contribution in [2.24, 2.45) is 0 Å². The van der Waals surface area contributed by atoms with Crippen molar-refractivity contribution in [3.63, 3.8) is 0 Å². The van der Waals surface area contributed by atoms with Crippen LogP contribution in [0.2, 0.25) is 0 Å². The van der Waals surface area contributed by atoms with Crippen LogP contribution < -0.4 is 0 Å². The molecule has 5 aromatic rings. The van der Waals surface area contributed by atoms with Gasteiger partial charge in [0.15, 0.2) is 0 Å². The van der Waals surface area contributed by atoms with Crippen molar-refractivity contribution in [2.75, 3.05) is 0 Å². The van der Waals surface area contributed by atoms with Gasteiger partial charge in [-0.3, -0.25) is 4.57 Å². The van der Waals surface area contributed by atoms with E-state index in [9.17, 15) is 0 Å². The Labute approximate surface area is 151 Å². The number of nitrogens with zero attached hydrogens (tertiary/aromatic N) is 2. The second-order valence-corrected chi connectivity index (χ2v) is 6.63. The summed E-state index contributed by atoms with van der Waals surface area (Å²) in [4.78, 5) is 4.60. The van der Waals surface area contributed by atoms with Crippen LogP contribution >= 0.6 is 0 Å². The lowest BCUT2D eigenvalue weighted by Crippen LogP contribution is -2.02. The van der Waals surface area contributed by atoms with Gasteiger partial charge in [-0.25, -0.2) is 4.98 Å². The van der Waals surface area contributed by atoms with Crippen LogP contribution in [0.3, 0.4) is 0 Å². The van der Waals surface area contributed by atoms with Crippen LogP contribution in [0.5, 0.6) is 0 Å². The quantitative estimate of drug-likeness (QED) is 0.392. The van der Waals surface area contributed by atoms with Crippen LogP contribution in [0, 0.1) is 13.8 Å². The molecule has 0 radical (unpaired) electrons. The Hall–Kier alpha value is -3.33. The zero-order chi connectivity index (χ0) is 17.7. The first-order valence-corrected chi connectivity index (χ1v) is 8.74. The molecule has 3 aromatic carbocycles. The summed E-state index contributed by atoms with van der Waals surface area (Å²) in [6, 6.07) is 20.7. The Morgan fingerprint density at radius 3 is 2.50 bits per heavy atom. The third kappa shape index (κ3) is 2.10. The summed E-state index contributed by atoms with van der Waals surface area (Å²) in [7, 11) is 0. The minimum atomic E-state index is 0.927. The van der Waals surface area contributed by atoms with Gasteiger partial charge in [-0.1, -0.05) is 48.5 Å². The molecular formula is C23H18N2O. The minimum absolute atomic E-state index is 0.927. The maximum atomic E-state index is 6.19. The van der Waals surface area contributed by atoms with Crippen LogP contribution in [-0.2, 0) is 0 Å². The molecule has 5 rings (SSSR count). The molecule has 0 saturated heterocycles. The maximum Gasteiger partial charge on any atom is 0.144 e. The lowest BCUT2D eigenvalue weighted by atomic mass is 10.0. The van der Waals surface area contributed by atoms with Gasteiger partial charge in [0.25, 0.3) is 0 Å². The van der Waals surface area contributed by atoms with Gasteiger partial charge in [0.2, 0.25) is 0 Å². The summed E-state index contributed by atoms with van der Waals surface area (Å²) < 4.78 is 8.35. The average molecular weight is 338 g/mol. The second kappa shape index (κ2) is 5.60. The summed E-state index contributed by atoms with van der Waals surface area (Å²) >= 11 is 0. The summed E-state index contributed by atoms with van der Waals surface area (Å²) in [6.07, 6.45) is 3.87. The molecule has 126 valence electrons. The van der Waals surface area contributed by atoms with Crippen LogP contribution in [0.15, 0.2) is 77.5 Å². The first kappa shape index (κ1) is 15.0. The van der Waals surface area contributed by atoms with Gasteiger partial charge >= 0.3 is 0 Å². The highest BCUT2D eigenvalue weighted by molar-refractivity contribution is 6.07. The lowest BCUT2D eigenvalue weighted by Gasteiger charge is -2.14. The van der Waals surface area contributed by atoms with E-state index in [1.807, 2.05) is 42.7 Å². The molecule has 3 heteroatoms. The normalized spacial score (nSPS) is 11.5. The SMILES string of the molecule is Cc1cc2c(oc3ccccc32)c(C)c1-n1ccnc1-c1ccccc1. The van der Waals surface area contributed by atoms with Gasteiger partial charge in [-0.05, 0) is 31.5 Å². The van der Waals surface area contributed by atoms with Crippen molar-refractivity contribution in [3.8, 4) is 17.1 Å². The summed E-state index contributed by atoms with van der Waals surface area (Å²) in [5, 5.41) is 2.33. The Kier molecular flexibility index (Phi) is 3.22. The van der Waals surface area contributed by atoms with Gasteiger partial charge in [0.1, 0.15) is 17.0 Å². The summed E-state index contributed by atoms with van der Waals surface area (Å²) in [5.41, 5.74) is 6.44. The third-order valence-electron chi connectivity index (χ3n) is 4.98. The Bertz CT molecular complexity index is 1250. The molecular weight excluding hydrogens is 320 g/mol. The minimum Gasteiger partial charge on any atom is -0.456 e. The van der Waals surface area contributed by atoms with Gasteiger partial charge in [-0.2, -0.15) is 0 Å². The fraction of sp³-hybridized carbons (Fsp3) is 0.0870. The number of para-hydroxylation sites is 1. The van der Waals surface area contributed by atoms with Gasteiger partial charge in [-0.15, -0.1) is 0 Å². The van der Waals surface area contributed by atoms with Crippen molar-refractivity contribution in [2.45, 2.75) is 13.8 Å². The Morgan fingerprint density at radius 2 is 1.65 bits per heavy atom. The predicted octanol–water partition coefficient (Wildman–Crippen LogP) is 6.06. The number of aryl methyl sites for hydroxylation is 2. The molecule has 0 atom stereocenters. The zero-order valence-electron chi connectivity index (χ0n) is 14.7. The first-order chi connectivity index (χ1) is 12.7. The molecule has 3 nitrogen and oxygen atoms in total. The molecule has 0 spiro atoms. The maximum absolute atomic E-state index is 6.19. The monoisotopic (exact) mass is 338 g/mol. The molecule has 0 N–H and O–H groups in total. The van der Waals surface area contributed by atoms with E-state index in [-0.39, 0.29) is 0 Å². The van der Waals surface area contributed by atoms with Crippen LogP contribution in [0.25, 0.3) is 39.0 Å². The first-order valence-electron chi connectivity index (χ1n) is 8.74. The van der Waals surface area contributed by atoms with Crippen molar-refractivity contribution >= 4 is 21.9 Å². The van der Waals surface area contributed by atoms with Crippen molar-refractivity contribution < 1.29 is 4.42 Å². The number of fused-ring (bicyclic) bond motifs is 3. The number of furan rings is 1. The summed E-state index contributed by atoms with van der Waals surface area (Å²) in [5.74, 6) is 0.937. The number of rotatable bonds is 2. The molecule has 0 aliphatic carbocycles. The molecule has 0 amide bonds. The molecule has 0 bridgehead atoms. The molecule has 0 fully saturated rings. The number of imidazole rings is 1. The lowest BCUT2D eigenvalue weighted by molar-refractivity contribution is 0.665. The van der Waals surface area contributed by atoms with E-state index in [1.165, 1.54) is 10.9 Å². The van der Waals surface area contributed by atoms with E-state index in [0.29, 0.717) is 0 Å². The van der Waals surface area contributed by atoms with Gasteiger partial charge < -0.3 is 4.42 Å². The molecule has 0 aliphatic rings. The molecule has 0 unspecified atom stereocenters. The van der Waals surface area contributed by atoms with Crippen molar-refractivity contribution in [3.05, 3.63) is 84.2 Å². The Balaban J connectivity index is 1.81. The molecule has 2 aromatic heterocycles. The molecule has 2 heterocycles. The standard InChI is InChI=1S/C23H18N2O/c1-15-14-19-18-10-6-7-11-20(18)26-22(19)16(2)21(15)25-13-12-24-23(25)17-8-4-3-5-9-17/h3-14H,1-2H3. The number of benzene rings is 3. The number of hydrogen-bond acceptors (Lipinski definition) is 2. The highest BCUT2D eigenvalue weighted by Gasteiger charge is 2.17. The van der Waals surface area contributed by atoms with Crippen LogP contribution in [0.4, 0.5) is 0 Å². The topological polar surface area (TPSA) is 31.0 Å². The fourth-order valence-corrected chi connectivity index (χ4v) is 3.83. The smallest absolute Gasteiger partial charge is 0.144 e. The fourth-order valence-electron chi connectivity index (χ4n) is 3.83. The predicted molar refractivity (Wildman–Crippen MR) is 106 cm³/mol. The van der Waals surface area contributed by atoms with Gasteiger partial charge in [0.05, 0.1) is 5.69 Å². The number of aromatic nitrogens is 2. The highest BCUT2D eigenvalue weighted by Crippen LogP contribution is 2.36. The van der Waals surface area contributed by atoms with E-state index in [4.69, 9.17) is 4.42 Å². The van der Waals surface area contributed by atoms with Crippen LogP contribution in [0.1, 0.15) is 11.1 Å². The number of hydrogen-bond donors (Lipinski definition) is 0. The van der Waals surface area contributed by atoms with E-state index in [2.05, 4.69) is 53.7 Å². The molecule has 0 aliphatic heterocycles. The zero-order valence-corrected chi connectivity index (χ0v) is 14.7. The molecule has 26 heavy (non-hydrogen) atoms. The van der Waals surface area contributed by atoms with E-state index < -0.39 is 0 Å². The largest absolute Gasteiger partial charge is 0.456 e. The van der Waals surface area contributed by atoms with E-state index >= 15 is 0 Å². The Morgan fingerprint density at radius 1 is 0.885 bits per heavy atom. The van der Waals surface area contributed by atoms with Crippen molar-refractivity contribution in [1.29, 1.82) is 0 Å². The molecule has 0 saturated carbocycles. The van der Waals surface area contributed by atoms with Gasteiger partial charge in [0, 0.05) is 34.3 Å². The summed E-state index contributed by atoms with van der Waals surface area (Å²) in [6.45, 7) is 4.28.